The first kappa shape index (κ1) is 31.6. The van der Waals surface area contributed by atoms with Crippen molar-refractivity contribution in [3.05, 3.63) is 0 Å². The second kappa shape index (κ2) is 6.74. The zero-order valence-corrected chi connectivity index (χ0v) is 16.5. The molecule has 0 N–H and O–H groups in total. The predicted octanol–water partition coefficient (Wildman–Crippen LogP) is 6.01. The minimum Gasteiger partial charge on any atom is -0.291 e. The summed E-state index contributed by atoms with van der Waals surface area (Å²) in [7, 11) is 0. The molecule has 4 aliphatic rings. The van der Waals surface area contributed by atoms with Gasteiger partial charge in [-0.15, -0.1) is 4.94 Å². The van der Waals surface area contributed by atoms with Gasteiger partial charge in [0.25, 0.3) is 0 Å². The molecule has 25 heteroatoms. The van der Waals surface area contributed by atoms with Crippen LogP contribution >= 0.6 is 0 Å². The van der Waals surface area contributed by atoms with E-state index >= 15 is 13.2 Å². The largest absolute Gasteiger partial charge is 0.460 e. The lowest BCUT2D eigenvalue weighted by molar-refractivity contribution is -0.590. The number of rotatable bonds is 5. The van der Waals surface area contributed by atoms with E-state index in [1.54, 1.807) is 0 Å². The number of ketones is 1. The first-order valence-corrected chi connectivity index (χ1v) is 8.69. The van der Waals surface area contributed by atoms with Crippen LogP contribution in [-0.2, 0) is 14.5 Å². The van der Waals surface area contributed by atoms with Crippen LogP contribution in [0.25, 0.3) is 0 Å². The summed E-state index contributed by atoms with van der Waals surface area (Å²) < 4.78 is 308. The number of ether oxygens (including phenoxy) is 1. The van der Waals surface area contributed by atoms with Gasteiger partial charge in [-0.25, -0.2) is 22.0 Å². The Morgan fingerprint density at radius 1 is 0.538 bits per heavy atom. The highest BCUT2D eigenvalue weighted by atomic mass is 19.4. The topological polar surface area (TPSA) is 35.5 Å². The number of hydrogen-bond donors (Lipinski definition) is 0. The zero-order chi connectivity index (χ0) is 31.5. The first-order chi connectivity index (χ1) is 16.7. The SMILES string of the molecule is O=C1C2(F)C(F)(F)C3(F)C(F)(F)C1(F)C(F)(OC(F)(F)C(F)(OF)C(F)(F)C(F)(F)F)C(F)(C2(F)F)C3(F)F. The van der Waals surface area contributed by atoms with Crippen molar-refractivity contribution >= 4 is 5.78 Å². The summed E-state index contributed by atoms with van der Waals surface area (Å²) in [5, 5.41) is 0. The highest BCUT2D eigenvalue weighted by molar-refractivity contribution is 6.04. The summed E-state index contributed by atoms with van der Waals surface area (Å²) in [6, 6.07) is 0. The third kappa shape index (κ3) is 2.26. The van der Waals surface area contributed by atoms with E-state index < -0.39 is 82.1 Å². The van der Waals surface area contributed by atoms with Gasteiger partial charge in [-0.05, 0) is 4.53 Å². The van der Waals surface area contributed by atoms with Crippen LogP contribution in [0.5, 0.6) is 0 Å². The molecule has 0 radical (unpaired) electrons. The van der Waals surface area contributed by atoms with Crippen molar-refractivity contribution in [1.29, 1.82) is 0 Å². The Labute approximate surface area is 194 Å². The molecule has 4 rings (SSSR count). The lowest BCUT2D eigenvalue weighted by atomic mass is 9.41. The van der Waals surface area contributed by atoms with Gasteiger partial charge in [-0.2, -0.15) is 70.2 Å². The number of carbonyl (C=O) groups is 1. The second-order valence-corrected chi connectivity index (χ2v) is 8.22. The number of carbonyl (C=O) groups excluding carboxylic acids is 1. The standard InChI is InChI=1S/C14F22O3/c15-2-1(37)3(16)8(23,24)4(17,6(2,19)20)9(25,26)5(18,7(2,21)22)11(3,29)38-14(34,35)12(30,39-36)10(27,28)13(31,32)33. The summed E-state index contributed by atoms with van der Waals surface area (Å²) in [6.07, 6.45) is -16.5. The van der Waals surface area contributed by atoms with E-state index in [9.17, 15) is 88.3 Å². The van der Waals surface area contributed by atoms with Gasteiger partial charge in [0.05, 0.1) is 0 Å². The van der Waals surface area contributed by atoms with Crippen LogP contribution in [0.3, 0.4) is 0 Å². The van der Waals surface area contributed by atoms with Crippen molar-refractivity contribution in [2.75, 3.05) is 0 Å². The summed E-state index contributed by atoms with van der Waals surface area (Å²) >= 11 is 0. The van der Waals surface area contributed by atoms with Crippen LogP contribution in [0, 0.1) is 0 Å². The van der Waals surface area contributed by atoms with Crippen molar-refractivity contribution in [2.24, 2.45) is 0 Å². The molecule has 228 valence electrons. The molecule has 4 bridgehead atoms. The maximum absolute atomic E-state index is 15.3. The molecule has 4 saturated carbocycles. The number of hydrogen-bond acceptors (Lipinski definition) is 3. The molecule has 4 fully saturated rings. The van der Waals surface area contributed by atoms with E-state index in [4.69, 9.17) is 0 Å². The van der Waals surface area contributed by atoms with Gasteiger partial charge in [0, 0.05) is 0 Å². The average molecular weight is 634 g/mol. The smallest absolute Gasteiger partial charge is 0.291 e. The number of halogens is 22. The first-order valence-electron chi connectivity index (χ1n) is 8.69. The predicted molar refractivity (Wildman–Crippen MR) is 67.1 cm³/mol. The quantitative estimate of drug-likeness (QED) is 0.348. The molecule has 3 nitrogen and oxygen atoms in total. The van der Waals surface area contributed by atoms with Crippen LogP contribution in [0.15, 0.2) is 0 Å². The lowest BCUT2D eigenvalue weighted by Crippen LogP contribution is -3.07. The molecule has 6 atom stereocenters. The molecule has 0 amide bonds. The summed E-state index contributed by atoms with van der Waals surface area (Å²) in [5.41, 5.74) is -32.6. The van der Waals surface area contributed by atoms with Crippen LogP contribution < -0.4 is 0 Å². The minimum atomic E-state index is -8.56. The summed E-state index contributed by atoms with van der Waals surface area (Å²) in [5.74, 6) is -63.7. The molecule has 4 aliphatic carbocycles. The molecule has 6 unspecified atom stereocenters. The highest BCUT2D eigenvalue weighted by Gasteiger charge is 3.20. The Bertz CT molecular complexity index is 1120. The fraction of sp³-hybridized carbons (Fsp3) is 0.929. The molecule has 0 aliphatic heterocycles. The van der Waals surface area contributed by atoms with Crippen molar-refractivity contribution in [1.82, 2.24) is 0 Å². The number of alkyl halides is 21. The van der Waals surface area contributed by atoms with Crippen LogP contribution in [0.4, 0.5) is 96.7 Å². The molecule has 0 aromatic rings. The van der Waals surface area contributed by atoms with Gasteiger partial charge in [-0.3, -0.25) is 9.53 Å². The Hall–Kier alpha value is -1.95. The van der Waals surface area contributed by atoms with Crippen molar-refractivity contribution in [3.63, 3.8) is 0 Å². The monoisotopic (exact) mass is 634 g/mol. The zero-order valence-electron chi connectivity index (χ0n) is 16.5. The fourth-order valence-corrected chi connectivity index (χ4v) is 4.43. The van der Waals surface area contributed by atoms with E-state index in [-0.39, 0.29) is 0 Å². The van der Waals surface area contributed by atoms with Gasteiger partial charge >= 0.3 is 76.3 Å². The van der Waals surface area contributed by atoms with Gasteiger partial charge in [0.1, 0.15) is 0 Å². The molecule has 0 aromatic heterocycles. The van der Waals surface area contributed by atoms with E-state index in [0.29, 0.717) is 0 Å². The molecule has 0 heterocycles. The molecule has 0 saturated heterocycles. The Balaban J connectivity index is 2.51. The molecular weight excluding hydrogens is 634 g/mol. The van der Waals surface area contributed by atoms with Gasteiger partial charge in [0.15, 0.2) is 0 Å². The van der Waals surface area contributed by atoms with Crippen molar-refractivity contribution in [3.8, 4) is 0 Å². The Kier molecular flexibility index (Phi) is 5.46. The average Bonchev–Trinajstić information content (AvgIpc) is 2.75. The fourth-order valence-electron chi connectivity index (χ4n) is 4.43. The van der Waals surface area contributed by atoms with E-state index in [1.165, 1.54) is 4.74 Å². The molecule has 0 spiro atoms. The molecule has 39 heavy (non-hydrogen) atoms. The van der Waals surface area contributed by atoms with Crippen molar-refractivity contribution < 1.29 is 111 Å². The maximum Gasteiger partial charge on any atom is 0.460 e. The van der Waals surface area contributed by atoms with Crippen molar-refractivity contribution in [2.45, 2.75) is 76.3 Å². The second-order valence-electron chi connectivity index (χ2n) is 8.22. The number of Topliss-reactive ketones (excluding diaryl/α,β-unsaturated/α-hetero) is 1. The molecular formula is C14F22O3. The van der Waals surface area contributed by atoms with E-state index in [0.717, 1.165) is 4.94 Å². The minimum absolute atomic E-state index is 0.915. The van der Waals surface area contributed by atoms with Crippen LogP contribution in [0.1, 0.15) is 0 Å². The van der Waals surface area contributed by atoms with Gasteiger partial charge in [0.2, 0.25) is 5.78 Å². The van der Waals surface area contributed by atoms with E-state index in [1.807, 2.05) is 0 Å². The third-order valence-electron chi connectivity index (χ3n) is 6.48. The van der Waals surface area contributed by atoms with Gasteiger partial charge in [-0.1, -0.05) is 0 Å². The Morgan fingerprint density at radius 2 is 0.897 bits per heavy atom. The van der Waals surface area contributed by atoms with Gasteiger partial charge < -0.3 is 0 Å². The van der Waals surface area contributed by atoms with Crippen LogP contribution in [0.2, 0.25) is 0 Å². The summed E-state index contributed by atoms with van der Waals surface area (Å²) in [4.78, 5) is 12.6. The highest BCUT2D eigenvalue weighted by Crippen LogP contribution is 2.85. The maximum atomic E-state index is 15.3. The normalized spacial score (nSPS) is 43.9. The van der Waals surface area contributed by atoms with E-state index in [2.05, 4.69) is 0 Å². The molecule has 0 aromatic carbocycles. The summed E-state index contributed by atoms with van der Waals surface area (Å²) in [6.45, 7) is 0. The lowest BCUT2D eigenvalue weighted by Gasteiger charge is -2.71. The Morgan fingerprint density at radius 3 is 1.26 bits per heavy atom. The van der Waals surface area contributed by atoms with Crippen LogP contribution in [-0.4, -0.2) is 82.1 Å². The third-order valence-corrected chi connectivity index (χ3v) is 6.48.